The smallest absolute Gasteiger partial charge is 0.302 e. The minimum atomic E-state index is -0.429. The van der Waals surface area contributed by atoms with Crippen molar-refractivity contribution in [3.8, 4) is 0 Å². The van der Waals surface area contributed by atoms with E-state index >= 15 is 0 Å². The van der Waals surface area contributed by atoms with Crippen molar-refractivity contribution in [2.24, 2.45) is 0 Å². The number of halogens is 1. The highest BCUT2D eigenvalue weighted by molar-refractivity contribution is 5.65. The molecule has 0 unspecified atom stereocenters. The van der Waals surface area contributed by atoms with E-state index in [4.69, 9.17) is 0 Å². The number of rotatable bonds is 3. The first kappa shape index (κ1) is 7.36. The van der Waals surface area contributed by atoms with Crippen LogP contribution in [-0.2, 0) is 14.5 Å². The molecule has 4 heteroatoms. The molecule has 0 saturated carbocycles. The minimum absolute atomic E-state index is 0.0220. The Balaban J connectivity index is 2.82. The third-order valence-electron chi connectivity index (χ3n) is 0.466. The number of carbonyl (C=O) groups is 1. The number of hydrogen-bond acceptors (Lipinski definition) is 3. The van der Waals surface area contributed by atoms with Gasteiger partial charge in [0.05, 0.1) is 0 Å². The summed E-state index contributed by atoms with van der Waals surface area (Å²) in [6, 6.07) is 0. The first-order valence-corrected chi connectivity index (χ1v) is 2.14. The normalized spacial score (nSPS) is 8.75. The van der Waals surface area contributed by atoms with Gasteiger partial charge < -0.3 is 4.74 Å². The van der Waals surface area contributed by atoms with Gasteiger partial charge in [-0.1, -0.05) is 0 Å². The topological polar surface area (TPSA) is 35.5 Å². The van der Waals surface area contributed by atoms with E-state index in [1.165, 1.54) is 6.92 Å². The fourth-order valence-electron chi connectivity index (χ4n) is 0.217. The Morgan fingerprint density at radius 3 is 2.62 bits per heavy atom. The molecule has 0 aliphatic rings. The van der Waals surface area contributed by atoms with E-state index in [9.17, 15) is 9.32 Å². The summed E-state index contributed by atoms with van der Waals surface area (Å²) >= 11 is 0. The molecular weight excluding hydrogens is 115 g/mol. The third kappa shape index (κ3) is 5.36. The van der Waals surface area contributed by atoms with Crippen LogP contribution in [0.5, 0.6) is 0 Å². The zero-order chi connectivity index (χ0) is 6.41. The van der Waals surface area contributed by atoms with Crippen molar-refractivity contribution in [2.45, 2.75) is 6.92 Å². The van der Waals surface area contributed by atoms with E-state index in [1.54, 1.807) is 0 Å². The SMILES string of the molecule is CC(=O)OCCOF. The molecule has 48 valence electrons. The number of hydrogen-bond donors (Lipinski definition) is 0. The van der Waals surface area contributed by atoms with E-state index < -0.39 is 5.97 Å². The quantitative estimate of drug-likeness (QED) is 0.402. The summed E-state index contributed by atoms with van der Waals surface area (Å²) in [4.78, 5) is 13.0. The van der Waals surface area contributed by atoms with E-state index in [0.717, 1.165) is 0 Å². The molecular formula is C4H7FO3. The highest BCUT2D eigenvalue weighted by Gasteiger charge is 1.89. The second-order valence-electron chi connectivity index (χ2n) is 1.15. The molecule has 0 aliphatic heterocycles. The molecule has 0 aliphatic carbocycles. The lowest BCUT2D eigenvalue weighted by Crippen LogP contribution is -2.04. The van der Waals surface area contributed by atoms with Crippen LogP contribution in [0.2, 0.25) is 0 Å². The largest absolute Gasteiger partial charge is 0.463 e. The molecule has 8 heavy (non-hydrogen) atoms. The lowest BCUT2D eigenvalue weighted by molar-refractivity contribution is -0.160. The van der Waals surface area contributed by atoms with E-state index in [-0.39, 0.29) is 13.2 Å². The van der Waals surface area contributed by atoms with Crippen LogP contribution in [0.1, 0.15) is 6.92 Å². The van der Waals surface area contributed by atoms with Gasteiger partial charge in [-0.2, -0.15) is 4.94 Å². The molecule has 0 aromatic heterocycles. The predicted molar refractivity (Wildman–Crippen MR) is 23.7 cm³/mol. The Bertz CT molecular complexity index is 73.7. The molecule has 0 aromatic carbocycles. The second-order valence-corrected chi connectivity index (χ2v) is 1.15. The highest BCUT2D eigenvalue weighted by Crippen LogP contribution is 1.77. The summed E-state index contributed by atoms with van der Waals surface area (Å²) in [6.07, 6.45) is 0. The molecule has 0 saturated heterocycles. The zero-order valence-electron chi connectivity index (χ0n) is 4.52. The summed E-state index contributed by atoms with van der Waals surface area (Å²) < 4.78 is 15.0. The van der Waals surface area contributed by atoms with Crippen LogP contribution in [0, 0.1) is 0 Å². The van der Waals surface area contributed by atoms with Gasteiger partial charge in [0, 0.05) is 6.92 Å². The standard InChI is InChI=1S/C4H7FO3/c1-4(6)7-2-3-8-5/h2-3H2,1H3. The van der Waals surface area contributed by atoms with E-state index in [0.29, 0.717) is 0 Å². The molecule has 0 fully saturated rings. The van der Waals surface area contributed by atoms with Crippen LogP contribution in [0.4, 0.5) is 4.53 Å². The van der Waals surface area contributed by atoms with Crippen LogP contribution >= 0.6 is 0 Å². The average molecular weight is 122 g/mol. The van der Waals surface area contributed by atoms with Gasteiger partial charge in [0.25, 0.3) is 0 Å². The van der Waals surface area contributed by atoms with Crippen LogP contribution in [-0.4, -0.2) is 19.2 Å². The fourth-order valence-corrected chi connectivity index (χ4v) is 0.217. The van der Waals surface area contributed by atoms with Gasteiger partial charge in [-0.15, -0.1) is 0 Å². The Labute approximate surface area is 46.3 Å². The number of esters is 1. The van der Waals surface area contributed by atoms with Crippen LogP contribution in [0.3, 0.4) is 0 Å². The van der Waals surface area contributed by atoms with Gasteiger partial charge in [-0.25, -0.2) is 0 Å². The number of ether oxygens (including phenoxy) is 1. The molecule has 0 aromatic rings. The average Bonchev–Trinajstić information content (AvgIpc) is 1.66. The van der Waals surface area contributed by atoms with Crippen molar-refractivity contribution in [3.05, 3.63) is 0 Å². The van der Waals surface area contributed by atoms with Gasteiger partial charge in [0.15, 0.2) is 0 Å². The summed E-state index contributed by atoms with van der Waals surface area (Å²) in [5.74, 6) is -0.429. The summed E-state index contributed by atoms with van der Waals surface area (Å²) in [5.41, 5.74) is 0. The molecule has 3 nitrogen and oxygen atoms in total. The molecule has 0 spiro atoms. The summed E-state index contributed by atoms with van der Waals surface area (Å²) in [6.45, 7) is 1.03. The van der Waals surface area contributed by atoms with Crippen molar-refractivity contribution in [2.75, 3.05) is 13.2 Å². The Hall–Kier alpha value is -0.640. The summed E-state index contributed by atoms with van der Waals surface area (Å²) in [5, 5.41) is 0. The van der Waals surface area contributed by atoms with E-state index in [2.05, 4.69) is 9.68 Å². The van der Waals surface area contributed by atoms with Gasteiger partial charge in [-0.05, 0) is 4.53 Å². The Morgan fingerprint density at radius 1 is 1.62 bits per heavy atom. The molecule has 0 atom stereocenters. The monoisotopic (exact) mass is 122 g/mol. The molecule has 0 heterocycles. The number of carbonyl (C=O) groups excluding carboxylic acids is 1. The fraction of sp³-hybridized carbons (Fsp3) is 0.750. The van der Waals surface area contributed by atoms with Gasteiger partial charge in [0.1, 0.15) is 13.2 Å². The van der Waals surface area contributed by atoms with Gasteiger partial charge in [-0.3, -0.25) is 4.79 Å². The molecule has 0 bridgehead atoms. The maximum Gasteiger partial charge on any atom is 0.302 e. The van der Waals surface area contributed by atoms with Crippen LogP contribution < -0.4 is 0 Å². The first-order valence-electron chi connectivity index (χ1n) is 2.14. The molecule has 0 N–H and O–H groups in total. The molecule has 0 amide bonds. The Morgan fingerprint density at radius 2 is 2.25 bits per heavy atom. The van der Waals surface area contributed by atoms with Crippen molar-refractivity contribution >= 4 is 5.97 Å². The van der Waals surface area contributed by atoms with Crippen molar-refractivity contribution in [3.63, 3.8) is 0 Å². The maximum absolute atomic E-state index is 10.8. The lowest BCUT2D eigenvalue weighted by atomic mass is 10.7. The van der Waals surface area contributed by atoms with Gasteiger partial charge in [0.2, 0.25) is 0 Å². The zero-order valence-corrected chi connectivity index (χ0v) is 4.52. The van der Waals surface area contributed by atoms with Crippen LogP contribution in [0.15, 0.2) is 0 Å². The van der Waals surface area contributed by atoms with Crippen molar-refractivity contribution < 1.29 is 19.0 Å². The maximum atomic E-state index is 10.8. The Kier molecular flexibility index (Phi) is 4.16. The lowest BCUT2D eigenvalue weighted by Gasteiger charge is -1.94. The molecule has 0 rings (SSSR count). The minimum Gasteiger partial charge on any atom is -0.463 e. The second kappa shape index (κ2) is 4.52. The third-order valence-corrected chi connectivity index (χ3v) is 0.466. The summed E-state index contributed by atoms with van der Waals surface area (Å²) in [7, 11) is 0. The first-order chi connectivity index (χ1) is 3.77. The van der Waals surface area contributed by atoms with E-state index in [1.807, 2.05) is 0 Å². The predicted octanol–water partition coefficient (Wildman–Crippen LogP) is 0.451. The van der Waals surface area contributed by atoms with Gasteiger partial charge >= 0.3 is 5.97 Å². The van der Waals surface area contributed by atoms with Crippen LogP contribution in [0.25, 0.3) is 0 Å². The highest BCUT2D eigenvalue weighted by atomic mass is 19.3. The van der Waals surface area contributed by atoms with Crippen molar-refractivity contribution in [1.82, 2.24) is 0 Å². The molecule has 0 radical (unpaired) electrons. The van der Waals surface area contributed by atoms with Crippen molar-refractivity contribution in [1.29, 1.82) is 0 Å².